The quantitative estimate of drug-likeness (QED) is 0.574. The second kappa shape index (κ2) is 8.01. The number of hydrogen-bond donors (Lipinski definition) is 1. The van der Waals surface area contributed by atoms with E-state index in [4.69, 9.17) is 9.84 Å². The molecule has 0 saturated heterocycles. The first-order valence-corrected chi connectivity index (χ1v) is 4.56. The van der Waals surface area contributed by atoms with Gasteiger partial charge in [-0.3, -0.25) is 4.79 Å². The predicted molar refractivity (Wildman–Crippen MR) is 50.9 cm³/mol. The van der Waals surface area contributed by atoms with E-state index in [2.05, 4.69) is 0 Å². The molecule has 0 heterocycles. The SMILES string of the molecule is COCCCCN(C)CCC(=O)O. The molecule has 0 fully saturated rings. The van der Waals surface area contributed by atoms with Gasteiger partial charge < -0.3 is 14.7 Å². The molecule has 0 unspecified atom stereocenters. The fourth-order valence-electron chi connectivity index (χ4n) is 1.03. The molecular formula is C9H19NO3. The molecule has 0 aromatic rings. The van der Waals surface area contributed by atoms with Gasteiger partial charge in [-0.2, -0.15) is 0 Å². The maximum Gasteiger partial charge on any atom is 0.304 e. The van der Waals surface area contributed by atoms with E-state index in [1.807, 2.05) is 11.9 Å². The average Bonchev–Trinajstić information content (AvgIpc) is 2.09. The zero-order valence-corrected chi connectivity index (χ0v) is 8.45. The van der Waals surface area contributed by atoms with Gasteiger partial charge >= 0.3 is 5.97 Å². The molecule has 4 heteroatoms. The van der Waals surface area contributed by atoms with Crippen molar-refractivity contribution in [3.8, 4) is 0 Å². The molecule has 0 amide bonds. The minimum Gasteiger partial charge on any atom is -0.481 e. The van der Waals surface area contributed by atoms with E-state index >= 15 is 0 Å². The second-order valence-corrected chi connectivity index (χ2v) is 3.15. The Morgan fingerprint density at radius 2 is 2.08 bits per heavy atom. The van der Waals surface area contributed by atoms with Crippen molar-refractivity contribution in [2.24, 2.45) is 0 Å². The Kier molecular flexibility index (Phi) is 7.63. The van der Waals surface area contributed by atoms with Gasteiger partial charge in [-0.25, -0.2) is 0 Å². The number of carboxylic acid groups (broad SMARTS) is 1. The van der Waals surface area contributed by atoms with Crippen LogP contribution < -0.4 is 0 Å². The molecule has 0 aromatic carbocycles. The average molecular weight is 189 g/mol. The van der Waals surface area contributed by atoms with Crippen LogP contribution in [0.15, 0.2) is 0 Å². The normalized spacial score (nSPS) is 10.7. The minimum atomic E-state index is -0.733. The number of nitrogens with zero attached hydrogens (tertiary/aromatic N) is 1. The molecule has 13 heavy (non-hydrogen) atoms. The van der Waals surface area contributed by atoms with Crippen molar-refractivity contribution in [2.75, 3.05) is 33.9 Å². The highest BCUT2D eigenvalue weighted by atomic mass is 16.5. The Hall–Kier alpha value is -0.610. The molecule has 0 atom stereocenters. The summed E-state index contributed by atoms with van der Waals surface area (Å²) >= 11 is 0. The Morgan fingerprint density at radius 3 is 2.62 bits per heavy atom. The van der Waals surface area contributed by atoms with Gasteiger partial charge in [-0.1, -0.05) is 0 Å². The molecular weight excluding hydrogens is 170 g/mol. The van der Waals surface area contributed by atoms with Crippen LogP contribution in [0, 0.1) is 0 Å². The van der Waals surface area contributed by atoms with Gasteiger partial charge in [-0.05, 0) is 26.4 Å². The summed E-state index contributed by atoms with van der Waals surface area (Å²) in [6, 6.07) is 0. The lowest BCUT2D eigenvalue weighted by Crippen LogP contribution is -2.23. The highest BCUT2D eigenvalue weighted by Crippen LogP contribution is 1.94. The van der Waals surface area contributed by atoms with E-state index in [0.717, 1.165) is 26.0 Å². The summed E-state index contributed by atoms with van der Waals surface area (Å²) in [6.45, 7) is 2.35. The number of methoxy groups -OCH3 is 1. The van der Waals surface area contributed by atoms with Gasteiger partial charge in [-0.15, -0.1) is 0 Å². The largest absolute Gasteiger partial charge is 0.481 e. The zero-order chi connectivity index (χ0) is 10.1. The van der Waals surface area contributed by atoms with Crippen molar-refractivity contribution in [1.82, 2.24) is 4.90 Å². The van der Waals surface area contributed by atoms with Gasteiger partial charge in [0.25, 0.3) is 0 Å². The van der Waals surface area contributed by atoms with Crippen molar-refractivity contribution < 1.29 is 14.6 Å². The summed E-state index contributed by atoms with van der Waals surface area (Å²) in [6.07, 6.45) is 2.32. The summed E-state index contributed by atoms with van der Waals surface area (Å²) in [7, 11) is 3.63. The second-order valence-electron chi connectivity index (χ2n) is 3.15. The zero-order valence-electron chi connectivity index (χ0n) is 8.45. The van der Waals surface area contributed by atoms with Crippen molar-refractivity contribution in [3.05, 3.63) is 0 Å². The van der Waals surface area contributed by atoms with Gasteiger partial charge in [0.1, 0.15) is 0 Å². The van der Waals surface area contributed by atoms with Crippen LogP contribution in [0.3, 0.4) is 0 Å². The summed E-state index contributed by atoms with van der Waals surface area (Å²) in [4.78, 5) is 12.3. The minimum absolute atomic E-state index is 0.223. The maximum atomic E-state index is 10.2. The molecule has 78 valence electrons. The Bertz CT molecular complexity index is 139. The first-order chi connectivity index (χ1) is 6.16. The van der Waals surface area contributed by atoms with Crippen molar-refractivity contribution in [3.63, 3.8) is 0 Å². The van der Waals surface area contributed by atoms with Crippen molar-refractivity contribution in [2.45, 2.75) is 19.3 Å². The number of hydrogen-bond acceptors (Lipinski definition) is 3. The maximum absolute atomic E-state index is 10.2. The van der Waals surface area contributed by atoms with Crippen LogP contribution in [0.5, 0.6) is 0 Å². The molecule has 0 aromatic heterocycles. The molecule has 1 N–H and O–H groups in total. The molecule has 0 rings (SSSR count). The van der Waals surface area contributed by atoms with E-state index < -0.39 is 5.97 Å². The molecule has 0 aliphatic carbocycles. The van der Waals surface area contributed by atoms with E-state index in [1.54, 1.807) is 7.11 Å². The highest BCUT2D eigenvalue weighted by molar-refractivity contribution is 5.66. The van der Waals surface area contributed by atoms with E-state index in [0.29, 0.717) is 6.54 Å². The lowest BCUT2D eigenvalue weighted by molar-refractivity contribution is -0.137. The van der Waals surface area contributed by atoms with E-state index in [-0.39, 0.29) is 6.42 Å². The molecule has 0 bridgehead atoms. The Morgan fingerprint density at radius 1 is 1.38 bits per heavy atom. The third-order valence-corrected chi connectivity index (χ3v) is 1.85. The lowest BCUT2D eigenvalue weighted by atomic mass is 10.3. The smallest absolute Gasteiger partial charge is 0.304 e. The summed E-state index contributed by atoms with van der Waals surface area (Å²) in [5, 5.41) is 8.43. The third-order valence-electron chi connectivity index (χ3n) is 1.85. The van der Waals surface area contributed by atoms with Crippen LogP contribution in [0.25, 0.3) is 0 Å². The fourth-order valence-corrected chi connectivity index (χ4v) is 1.03. The van der Waals surface area contributed by atoms with Crippen molar-refractivity contribution >= 4 is 5.97 Å². The number of carbonyl (C=O) groups is 1. The summed E-state index contributed by atoms with van der Waals surface area (Å²) < 4.78 is 4.91. The third kappa shape index (κ3) is 9.30. The number of aliphatic carboxylic acids is 1. The Balaban J connectivity index is 3.19. The molecule has 0 radical (unpaired) electrons. The molecule has 0 saturated carbocycles. The topological polar surface area (TPSA) is 49.8 Å². The molecule has 0 aliphatic heterocycles. The van der Waals surface area contributed by atoms with Gasteiger partial charge in [0, 0.05) is 20.3 Å². The number of carboxylic acids is 1. The number of unbranched alkanes of at least 4 members (excludes halogenated alkanes) is 1. The van der Waals surface area contributed by atoms with Crippen LogP contribution in [0.4, 0.5) is 0 Å². The van der Waals surface area contributed by atoms with E-state index in [9.17, 15) is 4.79 Å². The summed E-state index contributed by atoms with van der Waals surface area (Å²) in [5.74, 6) is -0.733. The van der Waals surface area contributed by atoms with Crippen LogP contribution in [-0.2, 0) is 9.53 Å². The highest BCUT2D eigenvalue weighted by Gasteiger charge is 2.01. The molecule has 4 nitrogen and oxygen atoms in total. The number of rotatable bonds is 8. The molecule has 0 aliphatic rings. The van der Waals surface area contributed by atoms with E-state index in [1.165, 1.54) is 0 Å². The van der Waals surface area contributed by atoms with Crippen LogP contribution >= 0.6 is 0 Å². The predicted octanol–water partition coefficient (Wildman–Crippen LogP) is 0.820. The Labute approximate surface area is 79.5 Å². The fraction of sp³-hybridized carbons (Fsp3) is 0.889. The van der Waals surface area contributed by atoms with Gasteiger partial charge in [0.2, 0.25) is 0 Å². The van der Waals surface area contributed by atoms with Crippen LogP contribution in [-0.4, -0.2) is 49.8 Å². The summed E-state index contributed by atoms with van der Waals surface area (Å²) in [5.41, 5.74) is 0. The first-order valence-electron chi connectivity index (χ1n) is 4.56. The van der Waals surface area contributed by atoms with Crippen LogP contribution in [0.2, 0.25) is 0 Å². The van der Waals surface area contributed by atoms with Gasteiger partial charge in [0.05, 0.1) is 6.42 Å². The van der Waals surface area contributed by atoms with Gasteiger partial charge in [0.15, 0.2) is 0 Å². The monoisotopic (exact) mass is 189 g/mol. The first kappa shape index (κ1) is 12.4. The van der Waals surface area contributed by atoms with Crippen LogP contribution in [0.1, 0.15) is 19.3 Å². The van der Waals surface area contributed by atoms with Crippen molar-refractivity contribution in [1.29, 1.82) is 0 Å². The number of ether oxygens (including phenoxy) is 1. The lowest BCUT2D eigenvalue weighted by Gasteiger charge is -2.14. The standard InChI is InChI=1S/C9H19NO3/c1-10(7-5-9(11)12)6-3-4-8-13-2/h3-8H2,1-2H3,(H,11,12). The molecule has 0 spiro atoms.